The van der Waals surface area contributed by atoms with E-state index < -0.39 is 0 Å². The second-order valence-corrected chi connectivity index (χ2v) is 7.86. The Bertz CT molecular complexity index is 917. The Morgan fingerprint density at radius 2 is 1.86 bits per heavy atom. The molecule has 0 atom stereocenters. The largest absolute Gasteiger partial charge is 0.371 e. The zero-order valence-corrected chi connectivity index (χ0v) is 16.7. The Labute approximate surface area is 165 Å². The minimum atomic E-state index is -0.0786. The first-order valence-electron chi connectivity index (χ1n) is 9.75. The fraction of sp³-hybridized carbons (Fsp3) is 0.409. The summed E-state index contributed by atoms with van der Waals surface area (Å²) in [4.78, 5) is 33.2. The second kappa shape index (κ2) is 7.26. The van der Waals surface area contributed by atoms with Gasteiger partial charge in [-0.2, -0.15) is 0 Å². The van der Waals surface area contributed by atoms with E-state index in [1.54, 1.807) is 7.05 Å². The molecule has 3 heterocycles. The monoisotopic (exact) mass is 378 g/mol. The molecule has 0 unspecified atom stereocenters. The molecule has 4 rings (SSSR count). The third-order valence-corrected chi connectivity index (χ3v) is 5.75. The maximum absolute atomic E-state index is 12.7. The number of hydrogen-bond donors (Lipinski definition) is 1. The summed E-state index contributed by atoms with van der Waals surface area (Å²) in [6.45, 7) is 7.17. The highest BCUT2D eigenvalue weighted by molar-refractivity contribution is 5.94. The highest BCUT2D eigenvalue weighted by Gasteiger charge is 2.32. The first kappa shape index (κ1) is 18.5. The number of fused-ring (bicyclic) bond motifs is 1. The average Bonchev–Trinajstić information content (AvgIpc) is 3.08. The van der Waals surface area contributed by atoms with Crippen LogP contribution in [-0.2, 0) is 17.9 Å². The minimum Gasteiger partial charge on any atom is -0.371 e. The lowest BCUT2D eigenvalue weighted by Crippen LogP contribution is -2.48. The SMILES string of the molecule is CNC(=O)c1ccc(N2CC(CC(=O)N3Cc4nc(C)cc(C)c4C3)C2)cc1. The summed E-state index contributed by atoms with van der Waals surface area (Å²) in [7, 11) is 1.63. The summed E-state index contributed by atoms with van der Waals surface area (Å²) in [5, 5.41) is 2.63. The van der Waals surface area contributed by atoms with Crippen LogP contribution in [0.2, 0.25) is 0 Å². The number of nitrogens with zero attached hydrogens (tertiary/aromatic N) is 3. The molecule has 146 valence electrons. The van der Waals surface area contributed by atoms with Gasteiger partial charge in [-0.05, 0) is 55.3 Å². The van der Waals surface area contributed by atoms with Crippen molar-refractivity contribution in [2.24, 2.45) is 5.92 Å². The van der Waals surface area contributed by atoms with Crippen LogP contribution in [0.25, 0.3) is 0 Å². The maximum Gasteiger partial charge on any atom is 0.251 e. The van der Waals surface area contributed by atoms with E-state index in [1.807, 2.05) is 36.1 Å². The standard InChI is InChI=1S/C22H26N4O2/c1-14-8-15(2)24-20-13-26(12-19(14)20)21(27)9-16-10-25(11-16)18-6-4-17(5-7-18)22(28)23-3/h4-8,16H,9-13H2,1-3H3,(H,23,28). The van der Waals surface area contributed by atoms with Gasteiger partial charge in [0.25, 0.3) is 5.91 Å². The van der Waals surface area contributed by atoms with Gasteiger partial charge in [-0.1, -0.05) is 0 Å². The Kier molecular flexibility index (Phi) is 4.79. The van der Waals surface area contributed by atoms with Gasteiger partial charge >= 0.3 is 0 Å². The molecule has 1 N–H and O–H groups in total. The van der Waals surface area contributed by atoms with E-state index in [2.05, 4.69) is 28.2 Å². The number of hydrogen-bond acceptors (Lipinski definition) is 4. The molecule has 2 amide bonds. The molecular formula is C22H26N4O2. The molecule has 0 spiro atoms. The number of aryl methyl sites for hydroxylation is 2. The van der Waals surface area contributed by atoms with E-state index >= 15 is 0 Å². The predicted molar refractivity (Wildman–Crippen MR) is 108 cm³/mol. The van der Waals surface area contributed by atoms with Gasteiger partial charge in [0.1, 0.15) is 0 Å². The smallest absolute Gasteiger partial charge is 0.251 e. The highest BCUT2D eigenvalue weighted by Crippen LogP contribution is 2.30. The molecule has 2 aromatic rings. The van der Waals surface area contributed by atoms with Gasteiger partial charge in [0.05, 0.1) is 12.2 Å². The van der Waals surface area contributed by atoms with Crippen LogP contribution in [0, 0.1) is 19.8 Å². The summed E-state index contributed by atoms with van der Waals surface area (Å²) < 4.78 is 0. The van der Waals surface area contributed by atoms with Crippen molar-refractivity contribution in [2.75, 3.05) is 25.0 Å². The zero-order chi connectivity index (χ0) is 19.8. The summed E-state index contributed by atoms with van der Waals surface area (Å²) in [6.07, 6.45) is 0.582. The number of pyridine rings is 1. The molecule has 6 heteroatoms. The second-order valence-electron chi connectivity index (χ2n) is 7.86. The number of carbonyl (C=O) groups is 2. The molecule has 28 heavy (non-hydrogen) atoms. The number of anilines is 1. The van der Waals surface area contributed by atoms with Crippen LogP contribution in [0.1, 0.15) is 39.3 Å². The van der Waals surface area contributed by atoms with Crippen molar-refractivity contribution in [3.8, 4) is 0 Å². The molecule has 0 radical (unpaired) electrons. The van der Waals surface area contributed by atoms with Gasteiger partial charge in [0, 0.05) is 56.0 Å². The summed E-state index contributed by atoms with van der Waals surface area (Å²) >= 11 is 0. The van der Waals surface area contributed by atoms with Crippen LogP contribution in [0.15, 0.2) is 30.3 Å². The quantitative estimate of drug-likeness (QED) is 0.887. The third-order valence-electron chi connectivity index (χ3n) is 5.75. The van der Waals surface area contributed by atoms with Gasteiger partial charge in [0.2, 0.25) is 5.91 Å². The van der Waals surface area contributed by atoms with Crippen molar-refractivity contribution in [3.05, 3.63) is 58.4 Å². The average molecular weight is 378 g/mol. The normalized spacial score (nSPS) is 16.0. The Balaban J connectivity index is 1.30. The van der Waals surface area contributed by atoms with Crippen molar-refractivity contribution < 1.29 is 9.59 Å². The van der Waals surface area contributed by atoms with Crippen LogP contribution in [0.3, 0.4) is 0 Å². The van der Waals surface area contributed by atoms with E-state index in [1.165, 1.54) is 11.1 Å². The molecule has 0 bridgehead atoms. The first-order chi connectivity index (χ1) is 13.4. The van der Waals surface area contributed by atoms with Gasteiger partial charge < -0.3 is 15.1 Å². The van der Waals surface area contributed by atoms with E-state index in [-0.39, 0.29) is 11.8 Å². The van der Waals surface area contributed by atoms with Crippen molar-refractivity contribution in [1.82, 2.24) is 15.2 Å². The Hall–Kier alpha value is -2.89. The molecular weight excluding hydrogens is 352 g/mol. The fourth-order valence-electron chi connectivity index (χ4n) is 4.15. The van der Waals surface area contributed by atoms with Crippen LogP contribution in [-0.4, -0.2) is 41.8 Å². The van der Waals surface area contributed by atoms with Crippen molar-refractivity contribution >= 4 is 17.5 Å². The number of rotatable bonds is 4. The molecule has 1 aromatic heterocycles. The summed E-state index contributed by atoms with van der Waals surface area (Å²) in [6, 6.07) is 9.70. The zero-order valence-electron chi connectivity index (χ0n) is 16.7. The Morgan fingerprint density at radius 3 is 2.54 bits per heavy atom. The van der Waals surface area contributed by atoms with Crippen LogP contribution in [0.4, 0.5) is 5.69 Å². The predicted octanol–water partition coefficient (Wildman–Crippen LogP) is 2.43. The molecule has 1 aromatic carbocycles. The molecule has 1 saturated heterocycles. The van der Waals surface area contributed by atoms with Crippen LogP contribution >= 0.6 is 0 Å². The summed E-state index contributed by atoms with van der Waals surface area (Å²) in [5.74, 6) is 0.519. The number of benzene rings is 1. The maximum atomic E-state index is 12.7. The van der Waals surface area contributed by atoms with E-state index in [0.29, 0.717) is 31.0 Å². The van der Waals surface area contributed by atoms with Crippen LogP contribution in [0.5, 0.6) is 0 Å². The van der Waals surface area contributed by atoms with Crippen LogP contribution < -0.4 is 10.2 Å². The lowest BCUT2D eigenvalue weighted by Gasteiger charge is -2.41. The topological polar surface area (TPSA) is 65.5 Å². The van der Waals surface area contributed by atoms with Crippen molar-refractivity contribution in [1.29, 1.82) is 0 Å². The van der Waals surface area contributed by atoms with Gasteiger partial charge in [0.15, 0.2) is 0 Å². The van der Waals surface area contributed by atoms with Gasteiger partial charge in [-0.3, -0.25) is 14.6 Å². The van der Waals surface area contributed by atoms with Gasteiger partial charge in [-0.25, -0.2) is 0 Å². The van der Waals surface area contributed by atoms with Gasteiger partial charge in [-0.15, -0.1) is 0 Å². The fourth-order valence-corrected chi connectivity index (χ4v) is 4.15. The Morgan fingerprint density at radius 1 is 1.14 bits per heavy atom. The molecule has 0 aliphatic carbocycles. The molecule has 6 nitrogen and oxygen atoms in total. The molecule has 2 aliphatic heterocycles. The third kappa shape index (κ3) is 3.46. The molecule has 0 saturated carbocycles. The first-order valence-corrected chi connectivity index (χ1v) is 9.75. The van der Waals surface area contributed by atoms with E-state index in [4.69, 9.17) is 0 Å². The van der Waals surface area contributed by atoms with Crippen molar-refractivity contribution in [2.45, 2.75) is 33.4 Å². The molecule has 2 aliphatic rings. The van der Waals surface area contributed by atoms with E-state index in [9.17, 15) is 9.59 Å². The number of amides is 2. The lowest BCUT2D eigenvalue weighted by molar-refractivity contribution is -0.133. The minimum absolute atomic E-state index is 0.0786. The van der Waals surface area contributed by atoms with Crippen molar-refractivity contribution in [3.63, 3.8) is 0 Å². The molecule has 1 fully saturated rings. The number of nitrogens with one attached hydrogen (secondary N) is 1. The summed E-state index contributed by atoms with van der Waals surface area (Å²) in [5.41, 5.74) is 6.27. The lowest BCUT2D eigenvalue weighted by atomic mass is 9.94. The highest BCUT2D eigenvalue weighted by atomic mass is 16.2. The number of carbonyl (C=O) groups excluding carboxylic acids is 2. The van der Waals surface area contributed by atoms with E-state index in [0.717, 1.165) is 30.2 Å². The number of aromatic nitrogens is 1.